The Morgan fingerprint density at radius 3 is 2.77 bits per heavy atom. The molecule has 2 atom stereocenters. The maximum absolute atomic E-state index is 12.1. The van der Waals surface area contributed by atoms with Crippen LogP contribution in [0, 0.1) is 0 Å². The summed E-state index contributed by atoms with van der Waals surface area (Å²) in [6.45, 7) is 0. The lowest BCUT2D eigenvalue weighted by atomic mass is 10.0. The van der Waals surface area contributed by atoms with Crippen LogP contribution in [0.4, 0.5) is 0 Å². The van der Waals surface area contributed by atoms with E-state index in [1.807, 2.05) is 41.1 Å². The molecule has 1 aliphatic heterocycles. The van der Waals surface area contributed by atoms with Crippen molar-refractivity contribution in [3.05, 3.63) is 70.8 Å². The minimum atomic E-state index is -0.654. The van der Waals surface area contributed by atoms with Crippen LogP contribution in [0.15, 0.2) is 48.8 Å². The van der Waals surface area contributed by atoms with Gasteiger partial charge in [0.05, 0.1) is 39.1 Å². The number of benzene rings is 1. The Kier molecular flexibility index (Phi) is 5.65. The van der Waals surface area contributed by atoms with E-state index in [1.165, 1.54) is 7.11 Å². The molecule has 156 valence electrons. The number of halogens is 1. The van der Waals surface area contributed by atoms with E-state index in [4.69, 9.17) is 30.5 Å². The molecule has 0 saturated heterocycles. The molecule has 30 heavy (non-hydrogen) atoms. The molecule has 3 aromatic rings. The summed E-state index contributed by atoms with van der Waals surface area (Å²) in [5, 5.41) is 0.560. The van der Waals surface area contributed by atoms with Gasteiger partial charge in [0.1, 0.15) is 17.9 Å². The van der Waals surface area contributed by atoms with E-state index >= 15 is 0 Å². The number of hydrogen-bond donors (Lipinski definition) is 0. The number of ether oxygens (including phenoxy) is 4. The average Bonchev–Trinajstić information content (AvgIpc) is 3.21. The number of carbonyl (C=O) groups is 1. The van der Waals surface area contributed by atoms with Crippen molar-refractivity contribution in [2.75, 3.05) is 21.3 Å². The Bertz CT molecular complexity index is 1080. The fraction of sp³-hybridized carbons (Fsp3) is 0.273. The van der Waals surface area contributed by atoms with E-state index in [0.29, 0.717) is 22.2 Å². The normalized spacial score (nSPS) is 17.5. The first-order valence-corrected chi connectivity index (χ1v) is 9.71. The van der Waals surface area contributed by atoms with Gasteiger partial charge in [0, 0.05) is 29.0 Å². The van der Waals surface area contributed by atoms with Crippen molar-refractivity contribution in [3.63, 3.8) is 0 Å². The zero-order valence-corrected chi connectivity index (χ0v) is 17.6. The van der Waals surface area contributed by atoms with Gasteiger partial charge in [-0.05, 0) is 30.3 Å². The molecule has 0 unspecified atom stereocenters. The van der Waals surface area contributed by atoms with Crippen LogP contribution in [-0.4, -0.2) is 36.8 Å². The first-order chi connectivity index (χ1) is 14.6. The zero-order valence-electron chi connectivity index (χ0n) is 16.8. The molecule has 3 heterocycles. The number of esters is 1. The average molecular weight is 429 g/mol. The highest BCUT2D eigenvalue weighted by molar-refractivity contribution is 6.30. The number of aromatic nitrogens is 2. The predicted octanol–water partition coefficient (Wildman–Crippen LogP) is 4.27. The molecule has 4 rings (SSSR count). The summed E-state index contributed by atoms with van der Waals surface area (Å²) >= 11 is 6.34. The number of methoxy groups -OCH3 is 3. The second-order valence-electron chi connectivity index (χ2n) is 6.72. The molecule has 0 saturated carbocycles. The van der Waals surface area contributed by atoms with Crippen LogP contribution < -0.4 is 9.47 Å². The number of nitrogens with zero attached hydrogens (tertiary/aromatic N) is 2. The standard InChI is InChI=1S/C22H21ClN2O5/c1-27-17-8-9-24-20(22(17)29-3)21-14-11-13(23)6-7-15(14)25-10-4-5-16(25)18(30-21)12-19(26)28-2/h4-11,18,21H,12H2,1-3H3/t18-,21-/m1/s1. The topological polar surface area (TPSA) is 71.8 Å². The Hall–Kier alpha value is -3.03. The molecule has 1 aliphatic rings. The van der Waals surface area contributed by atoms with Gasteiger partial charge in [-0.15, -0.1) is 0 Å². The van der Waals surface area contributed by atoms with Gasteiger partial charge < -0.3 is 23.5 Å². The molecule has 0 radical (unpaired) electrons. The number of carbonyl (C=O) groups excluding carboxylic acids is 1. The minimum Gasteiger partial charge on any atom is -0.493 e. The third kappa shape index (κ3) is 3.51. The number of fused-ring (bicyclic) bond motifs is 3. The van der Waals surface area contributed by atoms with Gasteiger partial charge in [-0.25, -0.2) is 0 Å². The molecular formula is C22H21ClN2O5. The quantitative estimate of drug-likeness (QED) is 0.565. The van der Waals surface area contributed by atoms with Crippen LogP contribution in [-0.2, 0) is 14.3 Å². The zero-order chi connectivity index (χ0) is 21.3. The van der Waals surface area contributed by atoms with Crippen LogP contribution in [0.3, 0.4) is 0 Å². The van der Waals surface area contributed by atoms with Gasteiger partial charge in [0.2, 0.25) is 0 Å². The fourth-order valence-electron chi connectivity index (χ4n) is 3.74. The lowest BCUT2D eigenvalue weighted by molar-refractivity contribution is -0.145. The van der Waals surface area contributed by atoms with Crippen molar-refractivity contribution in [2.45, 2.75) is 18.6 Å². The maximum Gasteiger partial charge on any atom is 0.308 e. The van der Waals surface area contributed by atoms with Crippen LogP contribution in [0.2, 0.25) is 5.02 Å². The molecule has 0 aliphatic carbocycles. The van der Waals surface area contributed by atoms with Crippen molar-refractivity contribution in [1.29, 1.82) is 0 Å². The van der Waals surface area contributed by atoms with Crippen molar-refractivity contribution in [3.8, 4) is 17.2 Å². The summed E-state index contributed by atoms with van der Waals surface area (Å²) in [5.41, 5.74) is 3.03. The van der Waals surface area contributed by atoms with Crippen LogP contribution >= 0.6 is 11.6 Å². The highest BCUT2D eigenvalue weighted by Gasteiger charge is 2.34. The highest BCUT2D eigenvalue weighted by Crippen LogP contribution is 2.45. The summed E-state index contributed by atoms with van der Waals surface area (Å²) in [4.78, 5) is 16.7. The van der Waals surface area contributed by atoms with Gasteiger partial charge in [-0.1, -0.05) is 11.6 Å². The SMILES string of the molecule is COC(=O)C[C@H]1O[C@@H](c2nccc(OC)c2OC)c2cc(Cl)ccc2-n2cccc21. The Morgan fingerprint density at radius 1 is 1.20 bits per heavy atom. The largest absolute Gasteiger partial charge is 0.493 e. The number of pyridine rings is 1. The van der Waals surface area contributed by atoms with Gasteiger partial charge in [-0.2, -0.15) is 0 Å². The van der Waals surface area contributed by atoms with E-state index in [2.05, 4.69) is 4.98 Å². The maximum atomic E-state index is 12.1. The fourth-order valence-corrected chi connectivity index (χ4v) is 3.92. The summed E-state index contributed by atoms with van der Waals surface area (Å²) in [5.74, 6) is 0.614. The lowest BCUT2D eigenvalue weighted by Gasteiger charge is -2.24. The van der Waals surface area contributed by atoms with E-state index in [1.54, 1.807) is 26.5 Å². The molecule has 2 aromatic heterocycles. The van der Waals surface area contributed by atoms with Crippen LogP contribution in [0.5, 0.6) is 11.5 Å². The number of rotatable bonds is 5. The molecule has 0 N–H and O–H groups in total. The van der Waals surface area contributed by atoms with Crippen molar-refractivity contribution in [2.24, 2.45) is 0 Å². The first kappa shape index (κ1) is 20.3. The second kappa shape index (κ2) is 8.38. The monoisotopic (exact) mass is 428 g/mol. The van der Waals surface area contributed by atoms with Gasteiger partial charge >= 0.3 is 5.97 Å². The highest BCUT2D eigenvalue weighted by atomic mass is 35.5. The third-order valence-corrected chi connectivity index (χ3v) is 5.33. The summed E-state index contributed by atoms with van der Waals surface area (Å²) in [7, 11) is 4.47. The minimum absolute atomic E-state index is 0.0466. The van der Waals surface area contributed by atoms with Gasteiger partial charge in [-0.3, -0.25) is 9.78 Å². The molecule has 0 bridgehead atoms. The molecular weight excluding hydrogens is 408 g/mol. The summed E-state index contributed by atoms with van der Waals surface area (Å²) in [6, 6.07) is 11.1. The van der Waals surface area contributed by atoms with Crippen molar-refractivity contribution >= 4 is 17.6 Å². The molecule has 0 amide bonds. The van der Waals surface area contributed by atoms with Crippen molar-refractivity contribution < 1.29 is 23.7 Å². The Morgan fingerprint density at radius 2 is 2.03 bits per heavy atom. The summed E-state index contributed by atoms with van der Waals surface area (Å²) < 4.78 is 24.4. The molecule has 7 nitrogen and oxygen atoms in total. The van der Waals surface area contributed by atoms with E-state index in [9.17, 15) is 4.79 Å². The van der Waals surface area contributed by atoms with Gasteiger partial charge in [0.15, 0.2) is 11.5 Å². The van der Waals surface area contributed by atoms with Crippen LogP contribution in [0.1, 0.15) is 35.6 Å². The third-order valence-electron chi connectivity index (χ3n) is 5.09. The molecule has 0 fully saturated rings. The molecule has 0 spiro atoms. The first-order valence-electron chi connectivity index (χ1n) is 9.33. The second-order valence-corrected chi connectivity index (χ2v) is 7.16. The van der Waals surface area contributed by atoms with Crippen LogP contribution in [0.25, 0.3) is 5.69 Å². The summed E-state index contributed by atoms with van der Waals surface area (Å²) in [6.07, 6.45) is 2.38. The Labute approximate surface area is 179 Å². The molecule has 1 aromatic carbocycles. The molecule has 8 heteroatoms. The number of hydrogen-bond acceptors (Lipinski definition) is 6. The lowest BCUT2D eigenvalue weighted by Crippen LogP contribution is -2.16. The Balaban J connectivity index is 1.93. The van der Waals surface area contributed by atoms with E-state index in [0.717, 1.165) is 16.9 Å². The van der Waals surface area contributed by atoms with Gasteiger partial charge in [0.25, 0.3) is 0 Å². The van der Waals surface area contributed by atoms with Crippen molar-refractivity contribution in [1.82, 2.24) is 9.55 Å². The predicted molar refractivity (Wildman–Crippen MR) is 110 cm³/mol. The smallest absolute Gasteiger partial charge is 0.308 e. The van der Waals surface area contributed by atoms with E-state index in [-0.39, 0.29) is 12.4 Å². The van der Waals surface area contributed by atoms with E-state index < -0.39 is 12.2 Å².